The molecule has 0 aliphatic heterocycles. The van der Waals surface area contributed by atoms with Crippen LogP contribution in [0.25, 0.3) is 10.9 Å². The summed E-state index contributed by atoms with van der Waals surface area (Å²) in [4.78, 5) is 23.2. The molecule has 5 heteroatoms. The smallest absolute Gasteiger partial charge is 0.341 e. The van der Waals surface area contributed by atoms with Gasteiger partial charge in [0.2, 0.25) is 5.43 Å². The molecule has 1 heterocycles. The topological polar surface area (TPSA) is 62.5 Å². The molecule has 1 aromatic carbocycles. The highest BCUT2D eigenvalue weighted by Crippen LogP contribution is 2.14. The van der Waals surface area contributed by atoms with Gasteiger partial charge in [0.15, 0.2) is 0 Å². The zero-order valence-electron chi connectivity index (χ0n) is 10.5. The van der Waals surface area contributed by atoms with Crippen LogP contribution in [0.5, 0.6) is 0 Å². The van der Waals surface area contributed by atoms with Crippen molar-refractivity contribution in [3.05, 3.63) is 45.7 Å². The highest BCUT2D eigenvalue weighted by Gasteiger charge is 2.15. The average Bonchev–Trinajstić information content (AvgIpc) is 2.29. The third-order valence-corrected chi connectivity index (χ3v) is 2.80. The van der Waals surface area contributed by atoms with Crippen molar-refractivity contribution in [3.8, 4) is 0 Å². The number of pyridine rings is 1. The van der Waals surface area contributed by atoms with Crippen LogP contribution < -0.4 is 10.4 Å². The van der Waals surface area contributed by atoms with Crippen LogP contribution in [-0.2, 0) is 0 Å². The predicted octanol–water partition coefficient (Wildman–Crippen LogP) is 1.21. The highest BCUT2D eigenvalue weighted by molar-refractivity contribution is 5.92. The molecule has 0 spiro atoms. The number of carbonyl (C=O) groups is 1. The Morgan fingerprint density at radius 1 is 1.33 bits per heavy atom. The normalized spacial score (nSPS) is 10.6. The van der Waals surface area contributed by atoms with Gasteiger partial charge in [0.25, 0.3) is 0 Å². The van der Waals surface area contributed by atoms with Crippen LogP contribution in [0.3, 0.4) is 0 Å². The predicted molar refractivity (Wildman–Crippen MR) is 70.0 cm³/mol. The number of carboxylic acids is 1. The summed E-state index contributed by atoms with van der Waals surface area (Å²) in [5, 5.41) is 11.2. The van der Waals surface area contributed by atoms with Gasteiger partial charge in [0.1, 0.15) is 5.56 Å². The Kier molecular flexibility index (Phi) is 2.82. The van der Waals surface area contributed by atoms with Gasteiger partial charge in [-0.2, -0.15) is 0 Å². The average molecular weight is 246 g/mol. The maximum absolute atomic E-state index is 12.1. The molecule has 0 aliphatic carbocycles. The van der Waals surface area contributed by atoms with Crippen LogP contribution in [0.4, 0.5) is 0 Å². The van der Waals surface area contributed by atoms with E-state index in [1.807, 2.05) is 19.1 Å². The molecule has 0 unspecified atom stereocenters. The monoisotopic (exact) mass is 246 g/mol. The summed E-state index contributed by atoms with van der Waals surface area (Å²) in [6.45, 7) is 1.87. The second kappa shape index (κ2) is 4.18. The van der Waals surface area contributed by atoms with Gasteiger partial charge in [-0.1, -0.05) is 11.6 Å². The van der Waals surface area contributed by atoms with Crippen LogP contribution in [0, 0.1) is 6.92 Å². The fourth-order valence-electron chi connectivity index (χ4n) is 1.91. The second-order valence-corrected chi connectivity index (χ2v) is 4.39. The minimum absolute atomic E-state index is 0.221. The first-order chi connectivity index (χ1) is 8.41. The van der Waals surface area contributed by atoms with E-state index in [1.165, 1.54) is 6.20 Å². The van der Waals surface area contributed by atoms with Gasteiger partial charge < -0.3 is 10.1 Å². The van der Waals surface area contributed by atoms with Gasteiger partial charge in [-0.3, -0.25) is 9.47 Å². The number of aromatic nitrogens is 1. The summed E-state index contributed by atoms with van der Waals surface area (Å²) in [5.41, 5.74) is 0.953. The Morgan fingerprint density at radius 2 is 2.00 bits per heavy atom. The molecule has 1 N–H and O–H groups in total. The van der Waals surface area contributed by atoms with E-state index < -0.39 is 11.4 Å². The Labute approximate surface area is 104 Å². The van der Waals surface area contributed by atoms with Crippen LogP contribution in [0.15, 0.2) is 29.2 Å². The van der Waals surface area contributed by atoms with Crippen molar-refractivity contribution >= 4 is 16.9 Å². The first-order valence-corrected chi connectivity index (χ1v) is 5.48. The molecule has 2 aromatic rings. The molecule has 0 fully saturated rings. The summed E-state index contributed by atoms with van der Waals surface area (Å²) < 4.78 is 1.65. The van der Waals surface area contributed by atoms with Gasteiger partial charge >= 0.3 is 5.97 Å². The van der Waals surface area contributed by atoms with E-state index in [2.05, 4.69) is 0 Å². The second-order valence-electron chi connectivity index (χ2n) is 4.39. The quantitative estimate of drug-likeness (QED) is 0.865. The molecule has 0 radical (unpaired) electrons. The van der Waals surface area contributed by atoms with E-state index in [4.69, 9.17) is 5.11 Å². The summed E-state index contributed by atoms with van der Waals surface area (Å²) >= 11 is 0. The number of hydrogen-bond acceptors (Lipinski definition) is 3. The number of aryl methyl sites for hydroxylation is 1. The molecule has 0 aliphatic rings. The molecule has 0 atom stereocenters. The van der Waals surface area contributed by atoms with E-state index >= 15 is 0 Å². The molecule has 1 aromatic heterocycles. The lowest BCUT2D eigenvalue weighted by Gasteiger charge is -2.20. The number of fused-ring (bicyclic) bond motifs is 1. The van der Waals surface area contributed by atoms with Crippen molar-refractivity contribution < 1.29 is 9.90 Å². The van der Waals surface area contributed by atoms with Crippen molar-refractivity contribution in [3.63, 3.8) is 0 Å². The fourth-order valence-corrected chi connectivity index (χ4v) is 1.91. The SMILES string of the molecule is Cc1ccc2c(c1)c(=O)c(C(=O)O)cn2N(C)C. The van der Waals surface area contributed by atoms with Gasteiger partial charge in [0, 0.05) is 25.7 Å². The standard InChI is InChI=1S/C13H14N2O3/c1-8-4-5-11-9(6-8)12(16)10(13(17)18)7-15(11)14(2)3/h4-7H,1-3H3,(H,17,18). The Morgan fingerprint density at radius 3 is 2.56 bits per heavy atom. The molecule has 18 heavy (non-hydrogen) atoms. The summed E-state index contributed by atoms with van der Waals surface area (Å²) in [6.07, 6.45) is 1.35. The van der Waals surface area contributed by atoms with Crippen LogP contribution >= 0.6 is 0 Å². The molecule has 0 amide bonds. The zero-order chi connectivity index (χ0) is 13.4. The lowest BCUT2D eigenvalue weighted by atomic mass is 10.1. The molecule has 2 rings (SSSR count). The largest absolute Gasteiger partial charge is 0.477 e. The first kappa shape index (κ1) is 12.2. The summed E-state index contributed by atoms with van der Waals surface area (Å²) in [5.74, 6) is -1.21. The maximum Gasteiger partial charge on any atom is 0.341 e. The van der Waals surface area contributed by atoms with Crippen LogP contribution in [-0.4, -0.2) is 29.8 Å². The Bertz CT molecular complexity index is 686. The molecule has 0 bridgehead atoms. The molecular formula is C13H14N2O3. The van der Waals surface area contributed by atoms with E-state index in [0.29, 0.717) is 10.9 Å². The minimum Gasteiger partial charge on any atom is -0.477 e. The van der Waals surface area contributed by atoms with Crippen molar-refractivity contribution in [2.24, 2.45) is 0 Å². The molecule has 5 nitrogen and oxygen atoms in total. The Balaban J connectivity index is 2.97. The van der Waals surface area contributed by atoms with Gasteiger partial charge in [-0.15, -0.1) is 0 Å². The van der Waals surface area contributed by atoms with Gasteiger partial charge in [0.05, 0.1) is 5.52 Å². The third kappa shape index (κ3) is 1.84. The van der Waals surface area contributed by atoms with Crippen molar-refractivity contribution in [1.29, 1.82) is 0 Å². The van der Waals surface area contributed by atoms with Crippen molar-refractivity contribution in [1.82, 2.24) is 4.68 Å². The number of rotatable bonds is 2. The minimum atomic E-state index is -1.21. The number of aromatic carboxylic acids is 1. The maximum atomic E-state index is 12.1. The number of benzene rings is 1. The molecular weight excluding hydrogens is 232 g/mol. The van der Waals surface area contributed by atoms with E-state index in [1.54, 1.807) is 29.8 Å². The number of nitrogens with zero attached hydrogens (tertiary/aromatic N) is 2. The van der Waals surface area contributed by atoms with E-state index in [-0.39, 0.29) is 5.56 Å². The van der Waals surface area contributed by atoms with Crippen molar-refractivity contribution in [2.75, 3.05) is 19.1 Å². The summed E-state index contributed by atoms with van der Waals surface area (Å²) in [6, 6.07) is 5.42. The van der Waals surface area contributed by atoms with E-state index in [0.717, 1.165) is 5.56 Å². The van der Waals surface area contributed by atoms with Crippen LogP contribution in [0.2, 0.25) is 0 Å². The molecule has 0 saturated heterocycles. The highest BCUT2D eigenvalue weighted by atomic mass is 16.4. The fraction of sp³-hybridized carbons (Fsp3) is 0.231. The number of carboxylic acid groups (broad SMARTS) is 1. The number of hydrogen-bond donors (Lipinski definition) is 1. The Hall–Kier alpha value is -2.30. The lowest BCUT2D eigenvalue weighted by Crippen LogP contribution is -2.29. The molecule has 94 valence electrons. The zero-order valence-corrected chi connectivity index (χ0v) is 10.5. The molecule has 0 saturated carbocycles. The van der Waals surface area contributed by atoms with E-state index in [9.17, 15) is 9.59 Å². The summed E-state index contributed by atoms with van der Waals surface area (Å²) in [7, 11) is 3.57. The van der Waals surface area contributed by atoms with Crippen LogP contribution in [0.1, 0.15) is 15.9 Å². The third-order valence-electron chi connectivity index (χ3n) is 2.80. The first-order valence-electron chi connectivity index (χ1n) is 5.48. The lowest BCUT2D eigenvalue weighted by molar-refractivity contribution is 0.0695. The van der Waals surface area contributed by atoms with Gasteiger partial charge in [-0.05, 0) is 19.1 Å². The van der Waals surface area contributed by atoms with Gasteiger partial charge in [-0.25, -0.2) is 4.79 Å². The van der Waals surface area contributed by atoms with Crippen molar-refractivity contribution in [2.45, 2.75) is 6.92 Å².